The number of amides is 1. The van der Waals surface area contributed by atoms with Gasteiger partial charge in [0.15, 0.2) is 5.60 Å². The lowest BCUT2D eigenvalue weighted by molar-refractivity contribution is -0.172. The van der Waals surface area contributed by atoms with E-state index in [1.807, 2.05) is 0 Å². The van der Waals surface area contributed by atoms with Gasteiger partial charge in [0.1, 0.15) is 12.4 Å². The van der Waals surface area contributed by atoms with Crippen LogP contribution in [0.15, 0.2) is 16.9 Å². The lowest BCUT2D eigenvalue weighted by atomic mass is 9.81. The zero-order valence-corrected chi connectivity index (χ0v) is 22.3. The van der Waals surface area contributed by atoms with Crippen molar-refractivity contribution in [3.63, 3.8) is 0 Å². The third-order valence-electron chi connectivity index (χ3n) is 8.53. The van der Waals surface area contributed by atoms with E-state index in [9.17, 15) is 19.5 Å². The number of aliphatic hydroxyl groups is 1. The van der Waals surface area contributed by atoms with Gasteiger partial charge >= 0.3 is 5.97 Å². The largest absolute Gasteiger partial charge is 0.458 e. The fourth-order valence-electron chi connectivity index (χ4n) is 6.36. The van der Waals surface area contributed by atoms with Gasteiger partial charge in [-0.25, -0.2) is 14.2 Å². The molecule has 2 aliphatic heterocycles. The zero-order valence-electron chi connectivity index (χ0n) is 21.4. The van der Waals surface area contributed by atoms with Crippen LogP contribution >= 0.6 is 12.6 Å². The van der Waals surface area contributed by atoms with Gasteiger partial charge in [-0.15, -0.1) is 0 Å². The first kappa shape index (κ1) is 25.1. The summed E-state index contributed by atoms with van der Waals surface area (Å²) in [6.07, 6.45) is 1.54. The molecule has 0 radical (unpaired) electrons. The SMILES string of the molecule is CC[C@@]1(O)C(=O)OCc2c1cc1n(c2=O)Cc2c-1nc1cc(F)c(C)c3c1c2[C@@H](N(C)C(=O)CCS)CC3. The van der Waals surface area contributed by atoms with Crippen molar-refractivity contribution in [3.05, 3.63) is 61.7 Å². The second-order valence-corrected chi connectivity index (χ2v) is 10.8. The van der Waals surface area contributed by atoms with E-state index >= 15 is 4.39 Å². The van der Waals surface area contributed by atoms with Crippen molar-refractivity contribution >= 4 is 35.4 Å². The Labute approximate surface area is 223 Å². The number of rotatable bonds is 4. The predicted molar refractivity (Wildman–Crippen MR) is 142 cm³/mol. The molecule has 1 aliphatic carbocycles. The van der Waals surface area contributed by atoms with E-state index in [0.29, 0.717) is 41.1 Å². The summed E-state index contributed by atoms with van der Waals surface area (Å²) in [7, 11) is 1.77. The van der Waals surface area contributed by atoms with Crippen LogP contribution in [-0.2, 0) is 39.5 Å². The van der Waals surface area contributed by atoms with Gasteiger partial charge in [0.25, 0.3) is 5.56 Å². The van der Waals surface area contributed by atoms with E-state index < -0.39 is 11.6 Å². The maximum atomic E-state index is 15.0. The molecule has 8 nitrogen and oxygen atoms in total. The Hall–Kier alpha value is -3.24. The van der Waals surface area contributed by atoms with Crippen molar-refractivity contribution < 1.29 is 23.8 Å². The highest BCUT2D eigenvalue weighted by Crippen LogP contribution is 2.47. The van der Waals surface area contributed by atoms with Crippen molar-refractivity contribution in [2.45, 2.75) is 64.3 Å². The molecule has 2 aromatic heterocycles. The molecule has 0 spiro atoms. The highest BCUT2D eigenvalue weighted by Gasteiger charge is 2.46. The average molecular weight is 538 g/mol. The fourth-order valence-corrected chi connectivity index (χ4v) is 6.55. The molecular formula is C28H28FN3O5S. The monoisotopic (exact) mass is 537 g/mol. The van der Waals surface area contributed by atoms with Crippen molar-refractivity contribution in [1.29, 1.82) is 0 Å². The van der Waals surface area contributed by atoms with E-state index in [2.05, 4.69) is 12.6 Å². The first-order chi connectivity index (χ1) is 18.1. The van der Waals surface area contributed by atoms with Crippen molar-refractivity contribution in [2.75, 3.05) is 12.8 Å². The number of aryl methyl sites for hydroxylation is 1. The number of hydrogen-bond donors (Lipinski definition) is 2. The third-order valence-corrected chi connectivity index (χ3v) is 8.76. The first-order valence-corrected chi connectivity index (χ1v) is 13.4. The lowest BCUT2D eigenvalue weighted by Crippen LogP contribution is -2.44. The molecule has 1 aromatic carbocycles. The van der Waals surface area contributed by atoms with Gasteiger partial charge in [0.05, 0.1) is 35.1 Å². The molecule has 6 rings (SSSR count). The Kier molecular flexibility index (Phi) is 5.70. The van der Waals surface area contributed by atoms with Crippen LogP contribution < -0.4 is 5.56 Å². The number of hydrogen-bond acceptors (Lipinski definition) is 7. The summed E-state index contributed by atoms with van der Waals surface area (Å²) in [6, 6.07) is 2.78. The quantitative estimate of drug-likeness (QED) is 0.306. The highest BCUT2D eigenvalue weighted by molar-refractivity contribution is 7.80. The summed E-state index contributed by atoms with van der Waals surface area (Å²) in [4.78, 5) is 45.7. The normalized spacial score (nSPS) is 21.1. The Morgan fingerprint density at radius 1 is 1.32 bits per heavy atom. The molecule has 3 aromatic rings. The molecule has 198 valence electrons. The topological polar surface area (TPSA) is 102 Å². The maximum absolute atomic E-state index is 15.0. The number of aromatic nitrogens is 2. The third kappa shape index (κ3) is 3.25. The number of cyclic esters (lactones) is 1. The van der Waals surface area contributed by atoms with E-state index in [0.717, 1.165) is 22.1 Å². The number of carbonyl (C=O) groups excluding carboxylic acids is 2. The van der Waals surface area contributed by atoms with Gasteiger partial charge in [-0.05, 0) is 54.7 Å². The summed E-state index contributed by atoms with van der Waals surface area (Å²) in [5.74, 6) is -0.762. The molecule has 0 unspecified atom stereocenters. The summed E-state index contributed by atoms with van der Waals surface area (Å²) in [6.45, 7) is 3.41. The summed E-state index contributed by atoms with van der Waals surface area (Å²) >= 11 is 4.22. The van der Waals surface area contributed by atoms with Crippen LogP contribution in [0.3, 0.4) is 0 Å². The minimum Gasteiger partial charge on any atom is -0.458 e. The fraction of sp³-hybridized carbons (Fsp3) is 0.429. The van der Waals surface area contributed by atoms with E-state index in [1.54, 1.807) is 36.4 Å². The number of esters is 1. The Balaban J connectivity index is 1.65. The molecule has 10 heteroatoms. The lowest BCUT2D eigenvalue weighted by Gasteiger charge is -2.35. The highest BCUT2D eigenvalue weighted by atomic mass is 32.1. The van der Waals surface area contributed by atoms with E-state index in [1.165, 1.54) is 6.07 Å². The zero-order chi connectivity index (χ0) is 27.1. The number of pyridine rings is 2. The van der Waals surface area contributed by atoms with E-state index in [4.69, 9.17) is 9.72 Å². The first-order valence-electron chi connectivity index (χ1n) is 12.8. The second kappa shape index (κ2) is 8.64. The minimum absolute atomic E-state index is 0.0406. The van der Waals surface area contributed by atoms with Crippen LogP contribution in [0.25, 0.3) is 22.3 Å². The Bertz CT molecular complexity index is 1630. The standard InChI is InChI=1S/C28H28FN3O5S/c1-4-28(36)17-9-21-25-15(11-32(21)26(34)16(17)12-37-27(28)35)24-20(31(3)22(33)7-8-38)6-5-14-13(2)18(29)10-19(30-25)23(14)24/h9-10,20,36,38H,4-8,11-12H2,1-3H3/t20-,28-/m0/s1. The molecule has 0 bridgehead atoms. The minimum atomic E-state index is -1.94. The molecule has 3 aliphatic rings. The smallest absolute Gasteiger partial charge is 0.343 e. The van der Waals surface area contributed by atoms with Gasteiger partial charge in [-0.3, -0.25) is 9.59 Å². The van der Waals surface area contributed by atoms with Crippen LogP contribution in [-0.4, -0.2) is 44.2 Å². The number of carbonyl (C=O) groups is 2. The molecule has 0 fully saturated rings. The van der Waals surface area contributed by atoms with Gasteiger partial charge in [-0.1, -0.05) is 6.92 Å². The van der Waals surface area contributed by atoms with Crippen molar-refractivity contribution in [2.24, 2.45) is 0 Å². The van der Waals surface area contributed by atoms with Crippen LogP contribution in [0.5, 0.6) is 0 Å². The summed E-state index contributed by atoms with van der Waals surface area (Å²) < 4.78 is 21.8. The molecule has 4 heterocycles. The Morgan fingerprint density at radius 2 is 2.08 bits per heavy atom. The maximum Gasteiger partial charge on any atom is 0.343 e. The molecular weight excluding hydrogens is 509 g/mol. The van der Waals surface area contributed by atoms with Crippen molar-refractivity contribution in [3.8, 4) is 11.4 Å². The van der Waals surface area contributed by atoms with Gasteiger partial charge < -0.3 is 19.3 Å². The summed E-state index contributed by atoms with van der Waals surface area (Å²) in [5.41, 5.74) is 2.70. The number of nitrogens with zero attached hydrogens (tertiary/aromatic N) is 3. The predicted octanol–water partition coefficient (Wildman–Crippen LogP) is 3.29. The number of thiol groups is 1. The molecule has 38 heavy (non-hydrogen) atoms. The van der Waals surface area contributed by atoms with Crippen molar-refractivity contribution in [1.82, 2.24) is 14.5 Å². The molecule has 1 N–H and O–H groups in total. The van der Waals surface area contributed by atoms with Gasteiger partial charge in [-0.2, -0.15) is 12.6 Å². The van der Waals surface area contributed by atoms with Crippen LogP contribution in [0.2, 0.25) is 0 Å². The number of fused-ring (bicyclic) bond motifs is 5. The average Bonchev–Trinajstić information content (AvgIpc) is 3.28. The molecule has 0 saturated carbocycles. The number of halogens is 1. The van der Waals surface area contributed by atoms with Crippen LogP contribution in [0.4, 0.5) is 4.39 Å². The van der Waals surface area contributed by atoms with Gasteiger partial charge in [0.2, 0.25) is 5.91 Å². The molecule has 2 atom stereocenters. The number of benzene rings is 1. The van der Waals surface area contributed by atoms with E-state index in [-0.39, 0.29) is 60.4 Å². The molecule has 1 amide bonds. The second-order valence-electron chi connectivity index (χ2n) is 10.3. The number of ether oxygens (including phenoxy) is 1. The molecule has 0 saturated heterocycles. The van der Waals surface area contributed by atoms with Gasteiger partial charge in [0, 0.05) is 36.0 Å². The Morgan fingerprint density at radius 3 is 2.79 bits per heavy atom. The van der Waals surface area contributed by atoms with Crippen LogP contribution in [0.1, 0.15) is 65.6 Å². The van der Waals surface area contributed by atoms with Crippen LogP contribution in [0, 0.1) is 12.7 Å². The summed E-state index contributed by atoms with van der Waals surface area (Å²) in [5, 5.41) is 12.0.